The zero-order valence-corrected chi connectivity index (χ0v) is 14.2. The van der Waals surface area contributed by atoms with Crippen molar-refractivity contribution in [1.29, 1.82) is 0 Å². The molecule has 1 aliphatic rings. The molecule has 118 valence electrons. The quantitative estimate of drug-likeness (QED) is 0.878. The number of sulfonamides is 1. The molecule has 1 saturated carbocycles. The predicted octanol–water partition coefficient (Wildman–Crippen LogP) is 2.45. The Morgan fingerprint density at radius 3 is 2.24 bits per heavy atom. The topological polar surface area (TPSA) is 66.4 Å². The van der Waals surface area contributed by atoms with Gasteiger partial charge in [0.2, 0.25) is 10.0 Å². The summed E-state index contributed by atoms with van der Waals surface area (Å²) in [4.78, 5) is 0.216. The minimum absolute atomic E-state index is 0.152. The van der Waals surface area contributed by atoms with Crippen LogP contribution in [-0.2, 0) is 16.6 Å². The van der Waals surface area contributed by atoms with Crippen LogP contribution in [0, 0.1) is 23.7 Å². The summed E-state index contributed by atoms with van der Waals surface area (Å²) in [5.74, 6) is 0.336. The Morgan fingerprint density at radius 2 is 1.76 bits per heavy atom. The Kier molecular flexibility index (Phi) is 3.98. The fourth-order valence-electron chi connectivity index (χ4n) is 3.11. The zero-order chi connectivity index (χ0) is 16.1. The van der Waals surface area contributed by atoms with E-state index in [0.717, 1.165) is 5.56 Å². The van der Waals surface area contributed by atoms with E-state index in [9.17, 15) is 13.5 Å². The molecule has 1 aliphatic carbocycles. The molecule has 21 heavy (non-hydrogen) atoms. The van der Waals surface area contributed by atoms with Crippen molar-refractivity contribution in [3.05, 3.63) is 29.3 Å². The Hall–Kier alpha value is -0.910. The second-order valence-electron chi connectivity index (χ2n) is 7.09. The molecule has 0 heterocycles. The average Bonchev–Trinajstić information content (AvgIpc) is 2.77. The van der Waals surface area contributed by atoms with Gasteiger partial charge in [-0.05, 0) is 46.9 Å². The number of benzene rings is 1. The lowest BCUT2D eigenvalue weighted by Gasteiger charge is -2.10. The lowest BCUT2D eigenvalue weighted by atomic mass is 10.0. The normalized spacial score (nSPS) is 20.5. The van der Waals surface area contributed by atoms with E-state index in [1.807, 2.05) is 6.92 Å². The Bertz CT molecular complexity index is 633. The molecule has 1 aromatic rings. The summed E-state index contributed by atoms with van der Waals surface area (Å²) in [6.07, 6.45) is 0. The fraction of sp³-hybridized carbons (Fsp3) is 0.625. The van der Waals surface area contributed by atoms with Crippen molar-refractivity contribution >= 4 is 10.0 Å². The zero-order valence-electron chi connectivity index (χ0n) is 13.4. The van der Waals surface area contributed by atoms with Crippen molar-refractivity contribution < 1.29 is 13.5 Å². The van der Waals surface area contributed by atoms with Crippen molar-refractivity contribution in [1.82, 2.24) is 4.72 Å². The van der Waals surface area contributed by atoms with E-state index < -0.39 is 10.0 Å². The molecule has 5 heteroatoms. The van der Waals surface area contributed by atoms with Crippen molar-refractivity contribution in [3.8, 4) is 0 Å². The first-order valence-corrected chi connectivity index (χ1v) is 8.72. The average molecular weight is 311 g/mol. The van der Waals surface area contributed by atoms with Crippen molar-refractivity contribution in [2.24, 2.45) is 16.7 Å². The lowest BCUT2D eigenvalue weighted by Crippen LogP contribution is -2.27. The highest BCUT2D eigenvalue weighted by Crippen LogP contribution is 2.67. The summed E-state index contributed by atoms with van der Waals surface area (Å²) in [7, 11) is -3.53. The molecule has 0 saturated heterocycles. The van der Waals surface area contributed by atoms with E-state index in [0.29, 0.717) is 18.0 Å². The van der Waals surface area contributed by atoms with Gasteiger partial charge in [-0.2, -0.15) is 0 Å². The van der Waals surface area contributed by atoms with Gasteiger partial charge in [-0.25, -0.2) is 13.1 Å². The standard InChI is InChI=1S/C16H25NO3S/c1-11-6-7-13(8-12(11)10-18)21(19,20)17-9-14-15(2,3)16(14,4)5/h6-8,14,17-18H,9-10H2,1-5H3. The maximum absolute atomic E-state index is 12.4. The van der Waals surface area contributed by atoms with Gasteiger partial charge in [0.1, 0.15) is 0 Å². The molecule has 2 N–H and O–H groups in total. The van der Waals surface area contributed by atoms with Crippen LogP contribution < -0.4 is 4.72 Å². The Morgan fingerprint density at radius 1 is 1.19 bits per heavy atom. The molecule has 1 aromatic carbocycles. The lowest BCUT2D eigenvalue weighted by molar-refractivity contribution is 0.280. The monoisotopic (exact) mass is 311 g/mol. The molecule has 0 radical (unpaired) electrons. The molecule has 2 rings (SSSR count). The summed E-state index contributed by atoms with van der Waals surface area (Å²) in [5, 5.41) is 9.26. The molecule has 0 aliphatic heterocycles. The number of hydrogen-bond donors (Lipinski definition) is 2. The fourth-order valence-corrected chi connectivity index (χ4v) is 4.20. The second-order valence-corrected chi connectivity index (χ2v) is 8.86. The van der Waals surface area contributed by atoms with Crippen LogP contribution in [0.3, 0.4) is 0 Å². The molecule has 0 spiro atoms. The summed E-state index contributed by atoms with van der Waals surface area (Å²) in [6, 6.07) is 4.85. The molecule has 0 bridgehead atoms. The van der Waals surface area contributed by atoms with Crippen LogP contribution in [0.15, 0.2) is 23.1 Å². The molecule has 0 unspecified atom stereocenters. The smallest absolute Gasteiger partial charge is 0.240 e. The van der Waals surface area contributed by atoms with E-state index in [-0.39, 0.29) is 22.3 Å². The minimum atomic E-state index is -3.53. The summed E-state index contributed by atoms with van der Waals surface area (Å²) in [6.45, 7) is 10.8. The number of aryl methyl sites for hydroxylation is 1. The van der Waals surface area contributed by atoms with E-state index >= 15 is 0 Å². The van der Waals surface area contributed by atoms with Crippen LogP contribution >= 0.6 is 0 Å². The van der Waals surface area contributed by atoms with E-state index in [1.54, 1.807) is 18.2 Å². The molecule has 0 amide bonds. The minimum Gasteiger partial charge on any atom is -0.392 e. The molecule has 0 atom stereocenters. The summed E-state index contributed by atoms with van der Waals surface area (Å²) < 4.78 is 27.5. The number of hydrogen-bond acceptors (Lipinski definition) is 3. The Labute approximate surface area is 127 Å². The summed E-state index contributed by atoms with van der Waals surface area (Å²) in [5.41, 5.74) is 1.84. The van der Waals surface area contributed by atoms with Crippen LogP contribution in [0.4, 0.5) is 0 Å². The predicted molar refractivity (Wildman–Crippen MR) is 83.3 cm³/mol. The third-order valence-corrected chi connectivity index (χ3v) is 7.02. The van der Waals surface area contributed by atoms with Gasteiger partial charge < -0.3 is 5.11 Å². The highest BCUT2D eigenvalue weighted by Gasteiger charge is 2.64. The first kappa shape index (κ1) is 16.5. The van der Waals surface area contributed by atoms with Crippen LogP contribution in [0.25, 0.3) is 0 Å². The van der Waals surface area contributed by atoms with Gasteiger partial charge in [0.15, 0.2) is 0 Å². The van der Waals surface area contributed by atoms with E-state index in [2.05, 4.69) is 32.4 Å². The highest BCUT2D eigenvalue weighted by molar-refractivity contribution is 7.89. The summed E-state index contributed by atoms with van der Waals surface area (Å²) >= 11 is 0. The van der Waals surface area contributed by atoms with Gasteiger partial charge in [0.25, 0.3) is 0 Å². The SMILES string of the molecule is Cc1ccc(S(=O)(=O)NCC2C(C)(C)C2(C)C)cc1CO. The maximum Gasteiger partial charge on any atom is 0.240 e. The number of nitrogens with one attached hydrogen (secondary N) is 1. The van der Waals surface area contributed by atoms with Crippen LogP contribution in [0.5, 0.6) is 0 Å². The molecule has 0 aromatic heterocycles. The van der Waals surface area contributed by atoms with Gasteiger partial charge in [0.05, 0.1) is 11.5 Å². The molecular formula is C16H25NO3S. The van der Waals surface area contributed by atoms with Gasteiger partial charge in [0, 0.05) is 6.54 Å². The number of rotatable bonds is 5. The third kappa shape index (κ3) is 2.74. The van der Waals surface area contributed by atoms with E-state index in [4.69, 9.17) is 0 Å². The maximum atomic E-state index is 12.4. The molecule has 1 fully saturated rings. The third-order valence-electron chi connectivity index (χ3n) is 5.60. The van der Waals surface area contributed by atoms with Gasteiger partial charge in [-0.15, -0.1) is 0 Å². The van der Waals surface area contributed by atoms with Crippen LogP contribution in [0.2, 0.25) is 0 Å². The van der Waals surface area contributed by atoms with Gasteiger partial charge >= 0.3 is 0 Å². The van der Waals surface area contributed by atoms with Gasteiger partial charge in [-0.1, -0.05) is 33.8 Å². The van der Waals surface area contributed by atoms with Crippen molar-refractivity contribution in [2.45, 2.75) is 46.1 Å². The van der Waals surface area contributed by atoms with Crippen molar-refractivity contribution in [3.63, 3.8) is 0 Å². The van der Waals surface area contributed by atoms with Gasteiger partial charge in [-0.3, -0.25) is 0 Å². The first-order chi connectivity index (χ1) is 9.54. The molecule has 4 nitrogen and oxygen atoms in total. The van der Waals surface area contributed by atoms with Crippen LogP contribution in [0.1, 0.15) is 38.8 Å². The highest BCUT2D eigenvalue weighted by atomic mass is 32.2. The van der Waals surface area contributed by atoms with Crippen molar-refractivity contribution in [2.75, 3.05) is 6.54 Å². The van der Waals surface area contributed by atoms with E-state index in [1.165, 1.54) is 0 Å². The number of aliphatic hydroxyl groups excluding tert-OH is 1. The first-order valence-electron chi connectivity index (χ1n) is 7.24. The van der Waals surface area contributed by atoms with Crippen LogP contribution in [-0.4, -0.2) is 20.1 Å². The second kappa shape index (κ2) is 5.07. The largest absolute Gasteiger partial charge is 0.392 e. The Balaban J connectivity index is 2.13. The number of aliphatic hydroxyl groups is 1. The molecular weight excluding hydrogens is 286 g/mol.